The first-order valence-electron chi connectivity index (χ1n) is 7.16. The normalized spacial score (nSPS) is 12.3. The molecule has 0 aromatic heterocycles. The average molecular weight is 340 g/mol. The van der Waals surface area contributed by atoms with E-state index >= 15 is 0 Å². The number of hydrogen-bond acceptors (Lipinski definition) is 1. The zero-order valence-electron chi connectivity index (χ0n) is 12.7. The fourth-order valence-corrected chi connectivity index (χ4v) is 2.21. The van der Waals surface area contributed by atoms with Crippen LogP contribution in [0.2, 0.25) is 0 Å². The maximum Gasteiger partial charge on any atom is 0.420 e. The van der Waals surface area contributed by atoms with E-state index in [1.165, 1.54) is 6.08 Å². The summed E-state index contributed by atoms with van der Waals surface area (Å²) in [6.07, 6.45) is -7.76. The molecule has 0 bridgehead atoms. The summed E-state index contributed by atoms with van der Waals surface area (Å²) < 4.78 is 84.4. The molecule has 0 N–H and O–H groups in total. The minimum Gasteiger partial charge on any atom is -0.493 e. The van der Waals surface area contributed by atoms with Crippen LogP contribution in [-0.2, 0) is 18.8 Å². The summed E-state index contributed by atoms with van der Waals surface area (Å²) in [6.45, 7) is 5.01. The van der Waals surface area contributed by atoms with Crippen molar-refractivity contribution in [3.05, 3.63) is 41.5 Å². The van der Waals surface area contributed by atoms with Crippen molar-refractivity contribution in [2.75, 3.05) is 6.61 Å². The van der Waals surface area contributed by atoms with Gasteiger partial charge >= 0.3 is 12.4 Å². The van der Waals surface area contributed by atoms with E-state index in [-0.39, 0.29) is 18.6 Å². The van der Waals surface area contributed by atoms with Gasteiger partial charge in [0.25, 0.3) is 0 Å². The SMILES string of the molecule is C=CCCCc1ccc(OCCC)c(C(F)(F)F)c1C(F)(F)F. The topological polar surface area (TPSA) is 9.23 Å². The lowest BCUT2D eigenvalue weighted by atomic mass is 9.95. The maximum absolute atomic E-state index is 13.3. The Labute approximate surface area is 130 Å². The summed E-state index contributed by atoms with van der Waals surface area (Å²) in [6, 6.07) is 2.03. The van der Waals surface area contributed by atoms with E-state index in [1.807, 2.05) is 0 Å². The van der Waals surface area contributed by atoms with E-state index in [0.29, 0.717) is 19.3 Å². The van der Waals surface area contributed by atoms with Crippen molar-refractivity contribution in [1.82, 2.24) is 0 Å². The molecule has 0 fully saturated rings. The van der Waals surface area contributed by atoms with Crippen LogP contribution in [0.1, 0.15) is 42.9 Å². The fourth-order valence-electron chi connectivity index (χ4n) is 2.21. The number of allylic oxidation sites excluding steroid dienone is 1. The van der Waals surface area contributed by atoms with E-state index in [2.05, 4.69) is 6.58 Å². The molecule has 1 aromatic rings. The van der Waals surface area contributed by atoms with Gasteiger partial charge in [0.15, 0.2) is 0 Å². The molecule has 0 aliphatic rings. The van der Waals surface area contributed by atoms with Crippen LogP contribution in [0.3, 0.4) is 0 Å². The second-order valence-electron chi connectivity index (χ2n) is 5.00. The lowest BCUT2D eigenvalue weighted by Gasteiger charge is -2.22. The molecule has 23 heavy (non-hydrogen) atoms. The molecule has 0 atom stereocenters. The summed E-state index contributed by atoms with van der Waals surface area (Å²) >= 11 is 0. The van der Waals surface area contributed by atoms with Crippen LogP contribution in [0.4, 0.5) is 26.3 Å². The van der Waals surface area contributed by atoms with Gasteiger partial charge in [-0.25, -0.2) is 0 Å². The monoisotopic (exact) mass is 340 g/mol. The molecule has 0 amide bonds. The molecule has 1 rings (SSSR count). The molecule has 0 aliphatic carbocycles. The van der Waals surface area contributed by atoms with Crippen LogP contribution < -0.4 is 4.74 Å². The highest BCUT2D eigenvalue weighted by molar-refractivity contribution is 5.48. The highest BCUT2D eigenvalue weighted by atomic mass is 19.4. The van der Waals surface area contributed by atoms with Gasteiger partial charge in [-0.2, -0.15) is 26.3 Å². The van der Waals surface area contributed by atoms with Crippen LogP contribution in [-0.4, -0.2) is 6.61 Å². The first kappa shape index (κ1) is 19.4. The van der Waals surface area contributed by atoms with Crippen LogP contribution >= 0.6 is 0 Å². The van der Waals surface area contributed by atoms with Crippen LogP contribution in [0.15, 0.2) is 24.8 Å². The summed E-state index contributed by atoms with van der Waals surface area (Å²) in [7, 11) is 0. The first-order chi connectivity index (χ1) is 10.6. The third-order valence-electron chi connectivity index (χ3n) is 3.14. The number of alkyl halides is 6. The molecule has 0 radical (unpaired) electrons. The van der Waals surface area contributed by atoms with Crippen molar-refractivity contribution < 1.29 is 31.1 Å². The summed E-state index contributed by atoms with van der Waals surface area (Å²) in [5, 5.41) is 0. The number of hydrogen-bond donors (Lipinski definition) is 0. The Morgan fingerprint density at radius 3 is 2.13 bits per heavy atom. The molecular formula is C16H18F6O. The first-order valence-corrected chi connectivity index (χ1v) is 7.16. The van der Waals surface area contributed by atoms with Crippen molar-refractivity contribution >= 4 is 0 Å². The second-order valence-corrected chi connectivity index (χ2v) is 5.00. The van der Waals surface area contributed by atoms with Crippen molar-refractivity contribution in [1.29, 1.82) is 0 Å². The fraction of sp³-hybridized carbons (Fsp3) is 0.500. The summed E-state index contributed by atoms with van der Waals surface area (Å²) in [5.41, 5.74) is -3.77. The molecule has 7 heteroatoms. The van der Waals surface area contributed by atoms with Gasteiger partial charge in [-0.15, -0.1) is 6.58 Å². The number of halogens is 6. The van der Waals surface area contributed by atoms with Crippen molar-refractivity contribution in [3.8, 4) is 5.75 Å². The van der Waals surface area contributed by atoms with Crippen LogP contribution in [0, 0.1) is 0 Å². The highest BCUT2D eigenvalue weighted by Gasteiger charge is 2.47. The molecular weight excluding hydrogens is 322 g/mol. The largest absolute Gasteiger partial charge is 0.493 e. The maximum atomic E-state index is 13.3. The van der Waals surface area contributed by atoms with Crippen LogP contribution in [0.25, 0.3) is 0 Å². The van der Waals surface area contributed by atoms with Gasteiger partial charge in [-0.1, -0.05) is 19.1 Å². The number of unbranched alkanes of at least 4 members (excludes halogenated alkanes) is 1. The molecule has 0 saturated heterocycles. The molecule has 1 aromatic carbocycles. The van der Waals surface area contributed by atoms with Crippen molar-refractivity contribution in [3.63, 3.8) is 0 Å². The molecule has 0 saturated carbocycles. The molecule has 0 heterocycles. The Morgan fingerprint density at radius 2 is 1.65 bits per heavy atom. The molecule has 0 spiro atoms. The number of aryl methyl sites for hydroxylation is 1. The van der Waals surface area contributed by atoms with Gasteiger partial charge in [-0.3, -0.25) is 0 Å². The minimum atomic E-state index is -5.15. The Balaban J connectivity index is 3.47. The summed E-state index contributed by atoms with van der Waals surface area (Å²) in [4.78, 5) is 0. The van der Waals surface area contributed by atoms with Gasteiger partial charge in [0.2, 0.25) is 0 Å². The standard InChI is InChI=1S/C16H18F6O/c1-3-5-6-7-11-8-9-12(23-10-4-2)14(16(20,21)22)13(11)15(17,18)19/h3,8-9H,1,4-7,10H2,2H3. The average Bonchev–Trinajstić information content (AvgIpc) is 2.43. The minimum absolute atomic E-state index is 0.0871. The van der Waals surface area contributed by atoms with E-state index in [1.54, 1.807) is 6.92 Å². The molecule has 0 unspecified atom stereocenters. The Hall–Kier alpha value is -1.66. The zero-order valence-corrected chi connectivity index (χ0v) is 12.7. The Bertz CT molecular complexity index is 531. The van der Waals surface area contributed by atoms with E-state index in [0.717, 1.165) is 12.1 Å². The number of rotatable bonds is 7. The van der Waals surface area contributed by atoms with Gasteiger partial charge in [0.1, 0.15) is 11.3 Å². The van der Waals surface area contributed by atoms with E-state index in [4.69, 9.17) is 4.74 Å². The van der Waals surface area contributed by atoms with E-state index in [9.17, 15) is 26.3 Å². The lowest BCUT2D eigenvalue weighted by Crippen LogP contribution is -2.21. The number of ether oxygens (including phenoxy) is 1. The molecule has 0 aliphatic heterocycles. The Morgan fingerprint density at radius 1 is 1.04 bits per heavy atom. The Kier molecular flexibility index (Phi) is 6.53. The third kappa shape index (κ3) is 5.18. The van der Waals surface area contributed by atoms with Gasteiger partial charge in [0, 0.05) is 0 Å². The summed E-state index contributed by atoms with van der Waals surface area (Å²) in [5.74, 6) is -0.779. The van der Waals surface area contributed by atoms with Crippen molar-refractivity contribution in [2.45, 2.75) is 45.0 Å². The van der Waals surface area contributed by atoms with Crippen molar-refractivity contribution in [2.24, 2.45) is 0 Å². The zero-order chi connectivity index (χ0) is 17.7. The van der Waals surface area contributed by atoms with Crippen LogP contribution in [0.5, 0.6) is 5.75 Å². The third-order valence-corrected chi connectivity index (χ3v) is 3.14. The predicted octanol–water partition coefficient (Wildman–Crippen LogP) is 6.02. The second kappa shape index (κ2) is 7.75. The van der Waals surface area contributed by atoms with Gasteiger partial charge in [-0.05, 0) is 37.3 Å². The molecule has 130 valence electrons. The molecule has 1 nitrogen and oxygen atoms in total. The lowest BCUT2D eigenvalue weighted by molar-refractivity contribution is -0.163. The smallest absolute Gasteiger partial charge is 0.420 e. The number of benzene rings is 1. The quantitative estimate of drug-likeness (QED) is 0.335. The van der Waals surface area contributed by atoms with E-state index < -0.39 is 29.2 Å². The highest BCUT2D eigenvalue weighted by Crippen LogP contribution is 2.46. The predicted molar refractivity (Wildman–Crippen MR) is 75.4 cm³/mol. The van der Waals surface area contributed by atoms with Gasteiger partial charge in [0.05, 0.1) is 12.2 Å². The van der Waals surface area contributed by atoms with Gasteiger partial charge < -0.3 is 4.74 Å².